The minimum Gasteiger partial charge on any atom is -0.411 e. The Kier molecular flexibility index (Phi) is 5.58. The average molecular weight is 457 g/mol. The van der Waals surface area contributed by atoms with Crippen molar-refractivity contribution in [2.75, 3.05) is 0 Å². The Balaban J connectivity index is 1.78. The van der Waals surface area contributed by atoms with Crippen molar-refractivity contribution in [1.29, 1.82) is 0 Å². The van der Waals surface area contributed by atoms with Crippen LogP contribution in [0.2, 0.25) is 6.55 Å². The highest BCUT2D eigenvalue weighted by Crippen LogP contribution is 2.26. The molecule has 0 unspecified atom stereocenters. The van der Waals surface area contributed by atoms with E-state index in [-0.39, 0.29) is 0 Å². The first-order valence-electron chi connectivity index (χ1n) is 10.5. The summed E-state index contributed by atoms with van der Waals surface area (Å²) in [7, 11) is -8.03. The van der Waals surface area contributed by atoms with Gasteiger partial charge in [-0.1, -0.05) is 121 Å². The highest BCUT2D eigenvalue weighted by molar-refractivity contribution is 7.09. The van der Waals surface area contributed by atoms with Crippen LogP contribution in [0.15, 0.2) is 121 Å². The Labute approximate surface area is 187 Å². The molecule has 4 aromatic rings. The zero-order valence-corrected chi connectivity index (χ0v) is 20.5. The molecule has 1 fully saturated rings. The van der Waals surface area contributed by atoms with Crippen LogP contribution in [0.25, 0.3) is 0 Å². The van der Waals surface area contributed by atoms with Gasteiger partial charge in [-0.25, -0.2) is 0 Å². The molecule has 4 aromatic carbocycles. The van der Waals surface area contributed by atoms with Crippen molar-refractivity contribution >= 4 is 47.2 Å². The van der Waals surface area contributed by atoms with Crippen molar-refractivity contribution in [2.24, 2.45) is 0 Å². The molecular weight excluding hydrogens is 433 g/mol. The summed E-state index contributed by atoms with van der Waals surface area (Å²) in [6, 6.07) is 41.8. The first-order chi connectivity index (χ1) is 15.2. The van der Waals surface area contributed by atoms with E-state index < -0.39 is 26.4 Å². The lowest BCUT2D eigenvalue weighted by Crippen LogP contribution is -2.80. The molecular formula is C25H24O3Si3. The second-order valence-electron chi connectivity index (χ2n) is 7.60. The maximum absolute atomic E-state index is 7.34. The van der Waals surface area contributed by atoms with E-state index in [4.69, 9.17) is 12.3 Å². The molecule has 0 atom stereocenters. The van der Waals surface area contributed by atoms with E-state index in [1.807, 2.05) is 24.3 Å². The molecule has 0 aliphatic carbocycles. The monoisotopic (exact) mass is 456 g/mol. The molecule has 5 rings (SSSR count). The van der Waals surface area contributed by atoms with E-state index in [2.05, 4.69) is 104 Å². The molecule has 0 amide bonds. The number of benzene rings is 4. The second kappa shape index (κ2) is 8.51. The molecule has 0 saturated carbocycles. The Morgan fingerprint density at radius 1 is 0.452 bits per heavy atom. The van der Waals surface area contributed by atoms with Crippen LogP contribution in [-0.2, 0) is 12.3 Å². The molecule has 3 nitrogen and oxygen atoms in total. The van der Waals surface area contributed by atoms with Crippen LogP contribution < -0.4 is 20.7 Å². The minimum atomic E-state index is -3.00. The zero-order valence-electron chi connectivity index (χ0n) is 17.3. The zero-order chi connectivity index (χ0) is 21.2. The predicted octanol–water partition coefficient (Wildman–Crippen LogP) is 2.41. The molecule has 0 bridgehead atoms. The molecule has 0 radical (unpaired) electrons. The van der Waals surface area contributed by atoms with E-state index in [0.717, 1.165) is 20.7 Å². The van der Waals surface area contributed by atoms with Gasteiger partial charge in [0, 0.05) is 0 Å². The molecule has 0 N–H and O–H groups in total. The van der Waals surface area contributed by atoms with Crippen molar-refractivity contribution in [3.8, 4) is 0 Å². The summed E-state index contributed by atoms with van der Waals surface area (Å²) in [4.78, 5) is 0. The van der Waals surface area contributed by atoms with E-state index in [1.54, 1.807) is 0 Å². The summed E-state index contributed by atoms with van der Waals surface area (Å²) >= 11 is 0. The fourth-order valence-corrected chi connectivity index (χ4v) is 18.7. The Morgan fingerprint density at radius 3 is 0.968 bits per heavy atom. The third-order valence-corrected chi connectivity index (χ3v) is 17.6. The summed E-state index contributed by atoms with van der Waals surface area (Å²) in [5.74, 6) is 0. The topological polar surface area (TPSA) is 27.7 Å². The normalized spacial score (nSPS) is 17.8. The highest BCUT2D eigenvalue weighted by atomic mass is 28.5. The molecule has 154 valence electrons. The van der Waals surface area contributed by atoms with Crippen molar-refractivity contribution in [1.82, 2.24) is 0 Å². The molecule has 6 heteroatoms. The van der Waals surface area contributed by atoms with Crippen LogP contribution in [0.1, 0.15) is 0 Å². The lowest BCUT2D eigenvalue weighted by Gasteiger charge is -2.48. The summed E-state index contributed by atoms with van der Waals surface area (Å²) < 4.78 is 21.0. The first kappa shape index (κ1) is 20.3. The van der Waals surface area contributed by atoms with Crippen LogP contribution >= 0.6 is 0 Å². The maximum Gasteiger partial charge on any atom is 0.389 e. The standard InChI is InChI=1S/C25H24O3Si3/c1-29-26-30(22-14-6-2-7-15-22,23-16-8-3-9-17-23)28-31(27-29,24-18-10-4-11-19-24)25-20-12-5-13-21-25/h2-21,29H,1H3. The minimum absolute atomic E-state index is 1.12. The van der Waals surface area contributed by atoms with E-state index in [9.17, 15) is 0 Å². The van der Waals surface area contributed by atoms with Gasteiger partial charge in [0.1, 0.15) is 0 Å². The molecule has 1 saturated heterocycles. The van der Waals surface area contributed by atoms with Crippen molar-refractivity contribution in [2.45, 2.75) is 6.55 Å². The summed E-state index contributed by atoms with van der Waals surface area (Å²) in [5, 5.41) is 4.47. The fraction of sp³-hybridized carbons (Fsp3) is 0.0400. The fourth-order valence-electron chi connectivity index (χ4n) is 4.21. The van der Waals surface area contributed by atoms with Gasteiger partial charge in [0.25, 0.3) is 0 Å². The average Bonchev–Trinajstić information content (AvgIpc) is 2.86. The predicted molar refractivity (Wildman–Crippen MR) is 132 cm³/mol. The summed E-state index contributed by atoms with van der Waals surface area (Å²) in [6.07, 6.45) is 0. The van der Waals surface area contributed by atoms with Crippen LogP contribution in [0.3, 0.4) is 0 Å². The molecule has 1 heterocycles. The van der Waals surface area contributed by atoms with Crippen molar-refractivity contribution in [3.05, 3.63) is 121 Å². The van der Waals surface area contributed by atoms with Gasteiger partial charge in [0.15, 0.2) is 0 Å². The Bertz CT molecular complexity index is 956. The van der Waals surface area contributed by atoms with Gasteiger partial charge in [-0.05, 0) is 27.3 Å². The summed E-state index contributed by atoms with van der Waals surface area (Å²) in [5.41, 5.74) is 0. The van der Waals surface area contributed by atoms with Gasteiger partial charge >= 0.3 is 26.4 Å². The number of rotatable bonds is 4. The first-order valence-corrected chi connectivity index (χ1v) is 16.2. The lowest BCUT2D eigenvalue weighted by molar-refractivity contribution is 0.276. The van der Waals surface area contributed by atoms with Gasteiger partial charge in [-0.2, -0.15) is 0 Å². The number of hydrogen-bond donors (Lipinski definition) is 0. The van der Waals surface area contributed by atoms with Crippen LogP contribution in [0.4, 0.5) is 0 Å². The molecule has 0 spiro atoms. The van der Waals surface area contributed by atoms with Crippen LogP contribution in [0, 0.1) is 0 Å². The maximum atomic E-state index is 7.34. The number of hydrogen-bond acceptors (Lipinski definition) is 3. The quantitative estimate of drug-likeness (QED) is 0.442. The lowest BCUT2D eigenvalue weighted by atomic mass is 10.4. The molecule has 1 aliphatic rings. The van der Waals surface area contributed by atoms with Gasteiger partial charge in [0.2, 0.25) is 0 Å². The van der Waals surface area contributed by atoms with Gasteiger partial charge < -0.3 is 12.3 Å². The van der Waals surface area contributed by atoms with Gasteiger partial charge in [-0.3, -0.25) is 0 Å². The Hall–Kier alpha value is -2.59. The Morgan fingerprint density at radius 2 is 0.710 bits per heavy atom. The van der Waals surface area contributed by atoms with E-state index >= 15 is 0 Å². The van der Waals surface area contributed by atoms with Crippen LogP contribution in [-0.4, -0.2) is 26.4 Å². The highest BCUT2D eigenvalue weighted by Gasteiger charge is 2.59. The third kappa shape index (κ3) is 3.67. The third-order valence-electron chi connectivity index (χ3n) is 5.57. The SMILES string of the molecule is C[SiH]1O[Si](c2ccccc2)(c2ccccc2)O[Si](c2ccccc2)(c2ccccc2)O1. The van der Waals surface area contributed by atoms with Crippen LogP contribution in [0.5, 0.6) is 0 Å². The smallest absolute Gasteiger partial charge is 0.389 e. The van der Waals surface area contributed by atoms with Crippen molar-refractivity contribution < 1.29 is 12.3 Å². The molecule has 31 heavy (non-hydrogen) atoms. The second-order valence-corrected chi connectivity index (χ2v) is 16.2. The van der Waals surface area contributed by atoms with Gasteiger partial charge in [-0.15, -0.1) is 0 Å². The largest absolute Gasteiger partial charge is 0.411 e. The molecule has 0 aromatic heterocycles. The van der Waals surface area contributed by atoms with E-state index in [0.29, 0.717) is 0 Å². The van der Waals surface area contributed by atoms with Gasteiger partial charge in [0.05, 0.1) is 0 Å². The van der Waals surface area contributed by atoms with Crippen molar-refractivity contribution in [3.63, 3.8) is 0 Å². The summed E-state index contributed by atoms with van der Waals surface area (Å²) in [6.45, 7) is 2.13. The molecule has 1 aliphatic heterocycles. The van der Waals surface area contributed by atoms with E-state index in [1.165, 1.54) is 0 Å².